The molecule has 0 fully saturated rings. The summed E-state index contributed by atoms with van der Waals surface area (Å²) in [7, 11) is 1.70. The van der Waals surface area contributed by atoms with Crippen LogP contribution in [0.4, 0.5) is 11.9 Å². The van der Waals surface area contributed by atoms with Gasteiger partial charge in [-0.15, -0.1) is 5.10 Å². The third-order valence-electron chi connectivity index (χ3n) is 2.20. The van der Waals surface area contributed by atoms with Crippen LogP contribution in [0.15, 0.2) is 22.8 Å². The molecule has 0 unspecified atom stereocenters. The fourth-order valence-electron chi connectivity index (χ4n) is 1.43. The lowest BCUT2D eigenvalue weighted by atomic mass is 10.4. The van der Waals surface area contributed by atoms with Gasteiger partial charge in [-0.05, 0) is 12.1 Å². The van der Waals surface area contributed by atoms with Crippen LogP contribution in [-0.4, -0.2) is 31.6 Å². The SMILES string of the molecule is CNc1nc(N)n2nc(-c3ccco3)nc2n1. The Morgan fingerprint density at radius 2 is 2.24 bits per heavy atom. The van der Waals surface area contributed by atoms with E-state index in [-0.39, 0.29) is 5.95 Å². The second-order valence-corrected chi connectivity index (χ2v) is 3.28. The smallest absolute Gasteiger partial charge is 0.259 e. The second kappa shape index (κ2) is 3.44. The average Bonchev–Trinajstić information content (AvgIpc) is 2.96. The van der Waals surface area contributed by atoms with Crippen LogP contribution in [0.1, 0.15) is 0 Å². The molecule has 0 spiro atoms. The maximum absolute atomic E-state index is 5.74. The van der Waals surface area contributed by atoms with E-state index in [2.05, 4.69) is 25.4 Å². The molecule has 3 heterocycles. The molecule has 86 valence electrons. The summed E-state index contributed by atoms with van der Waals surface area (Å²) >= 11 is 0. The molecule has 0 amide bonds. The Kier molecular flexibility index (Phi) is 1.94. The topological polar surface area (TPSA) is 107 Å². The number of hydrogen-bond acceptors (Lipinski definition) is 7. The summed E-state index contributed by atoms with van der Waals surface area (Å²) in [6.45, 7) is 0. The van der Waals surface area contributed by atoms with Gasteiger partial charge in [-0.3, -0.25) is 0 Å². The zero-order chi connectivity index (χ0) is 11.8. The minimum Gasteiger partial charge on any atom is -0.461 e. The van der Waals surface area contributed by atoms with Crippen LogP contribution in [0.3, 0.4) is 0 Å². The van der Waals surface area contributed by atoms with Gasteiger partial charge in [-0.25, -0.2) is 0 Å². The number of rotatable bonds is 2. The predicted octanol–water partition coefficient (Wildman–Crippen LogP) is 0.403. The maximum atomic E-state index is 5.74. The first-order chi connectivity index (χ1) is 8.28. The van der Waals surface area contributed by atoms with Gasteiger partial charge in [0.1, 0.15) is 0 Å². The highest BCUT2D eigenvalue weighted by molar-refractivity contribution is 5.52. The van der Waals surface area contributed by atoms with E-state index in [9.17, 15) is 0 Å². The fraction of sp³-hybridized carbons (Fsp3) is 0.111. The van der Waals surface area contributed by atoms with E-state index in [1.165, 1.54) is 4.52 Å². The van der Waals surface area contributed by atoms with Gasteiger partial charge < -0.3 is 15.5 Å². The molecule has 0 aliphatic heterocycles. The number of anilines is 2. The van der Waals surface area contributed by atoms with Gasteiger partial charge in [-0.1, -0.05) is 0 Å². The molecule has 0 atom stereocenters. The molecule has 8 nitrogen and oxygen atoms in total. The quantitative estimate of drug-likeness (QED) is 0.657. The molecule has 0 saturated heterocycles. The van der Waals surface area contributed by atoms with E-state index in [1.54, 1.807) is 25.4 Å². The average molecular weight is 231 g/mol. The molecule has 3 aromatic rings. The Morgan fingerprint density at radius 3 is 2.94 bits per heavy atom. The van der Waals surface area contributed by atoms with Gasteiger partial charge in [0.25, 0.3) is 5.78 Å². The summed E-state index contributed by atoms with van der Waals surface area (Å²) in [6, 6.07) is 3.52. The Hall–Kier alpha value is -2.64. The lowest BCUT2D eigenvalue weighted by Gasteiger charge is -1.99. The summed E-state index contributed by atoms with van der Waals surface area (Å²) in [5.74, 6) is 1.96. The monoisotopic (exact) mass is 231 g/mol. The van der Waals surface area contributed by atoms with Gasteiger partial charge in [0, 0.05) is 7.05 Å². The highest BCUT2D eigenvalue weighted by atomic mass is 16.3. The van der Waals surface area contributed by atoms with Gasteiger partial charge in [0.05, 0.1) is 6.26 Å². The van der Waals surface area contributed by atoms with Crippen LogP contribution in [0.5, 0.6) is 0 Å². The van der Waals surface area contributed by atoms with E-state index < -0.39 is 0 Å². The van der Waals surface area contributed by atoms with Crippen molar-refractivity contribution in [1.29, 1.82) is 0 Å². The minimum absolute atomic E-state index is 0.213. The van der Waals surface area contributed by atoms with Crippen molar-refractivity contribution in [2.45, 2.75) is 0 Å². The standard InChI is InChI=1S/C9H9N7O/c1-11-8-13-7(10)16-9(14-8)12-6(15-16)5-3-2-4-17-5/h2-4H,1H3,(H3,10,11,12,13,14,15). The van der Waals surface area contributed by atoms with E-state index in [1.807, 2.05) is 0 Å². The summed E-state index contributed by atoms with van der Waals surface area (Å²) in [6.07, 6.45) is 1.55. The molecular formula is C9H9N7O. The minimum atomic E-state index is 0.213. The number of furan rings is 1. The van der Waals surface area contributed by atoms with E-state index in [4.69, 9.17) is 10.2 Å². The number of hydrogen-bond donors (Lipinski definition) is 2. The predicted molar refractivity (Wildman–Crippen MR) is 60.2 cm³/mol. The van der Waals surface area contributed by atoms with Crippen molar-refractivity contribution in [2.75, 3.05) is 18.1 Å². The summed E-state index contributed by atoms with van der Waals surface area (Å²) < 4.78 is 6.56. The first kappa shape index (κ1) is 9.58. The van der Waals surface area contributed by atoms with Gasteiger partial charge in [-0.2, -0.15) is 19.5 Å². The number of nitrogens with zero attached hydrogens (tertiary/aromatic N) is 5. The number of nitrogens with two attached hydrogens (primary N) is 1. The first-order valence-electron chi connectivity index (χ1n) is 4.90. The molecule has 0 aromatic carbocycles. The Labute approximate surface area is 95.5 Å². The number of aromatic nitrogens is 5. The van der Waals surface area contributed by atoms with Crippen LogP contribution in [0.2, 0.25) is 0 Å². The van der Waals surface area contributed by atoms with E-state index >= 15 is 0 Å². The molecule has 0 aliphatic carbocycles. The molecule has 3 aromatic heterocycles. The molecule has 17 heavy (non-hydrogen) atoms. The third kappa shape index (κ3) is 1.46. The molecule has 3 rings (SSSR count). The van der Waals surface area contributed by atoms with Crippen LogP contribution in [-0.2, 0) is 0 Å². The number of nitrogen functional groups attached to an aromatic ring is 1. The summed E-state index contributed by atoms with van der Waals surface area (Å²) in [5.41, 5.74) is 5.74. The van der Waals surface area contributed by atoms with Crippen molar-refractivity contribution in [2.24, 2.45) is 0 Å². The highest BCUT2D eigenvalue weighted by Gasteiger charge is 2.12. The van der Waals surface area contributed by atoms with Gasteiger partial charge in [0.2, 0.25) is 17.7 Å². The van der Waals surface area contributed by atoms with Crippen molar-refractivity contribution in [1.82, 2.24) is 24.6 Å². The van der Waals surface area contributed by atoms with Gasteiger partial charge >= 0.3 is 0 Å². The second-order valence-electron chi connectivity index (χ2n) is 3.28. The fourth-order valence-corrected chi connectivity index (χ4v) is 1.43. The van der Waals surface area contributed by atoms with Crippen molar-refractivity contribution in [3.63, 3.8) is 0 Å². The molecule has 3 N–H and O–H groups in total. The number of fused-ring (bicyclic) bond motifs is 1. The first-order valence-corrected chi connectivity index (χ1v) is 4.90. The molecule has 0 aliphatic rings. The zero-order valence-corrected chi connectivity index (χ0v) is 8.95. The van der Waals surface area contributed by atoms with Crippen molar-refractivity contribution < 1.29 is 4.42 Å². The lowest BCUT2D eigenvalue weighted by molar-refractivity contribution is 0.577. The summed E-state index contributed by atoms with van der Waals surface area (Å²) in [4.78, 5) is 12.3. The van der Waals surface area contributed by atoms with Crippen molar-refractivity contribution in [3.8, 4) is 11.6 Å². The van der Waals surface area contributed by atoms with Crippen LogP contribution in [0, 0.1) is 0 Å². The number of nitrogens with one attached hydrogen (secondary N) is 1. The van der Waals surface area contributed by atoms with Crippen LogP contribution < -0.4 is 11.1 Å². The maximum Gasteiger partial charge on any atom is 0.259 e. The Balaban J connectivity index is 2.22. The zero-order valence-electron chi connectivity index (χ0n) is 8.95. The van der Waals surface area contributed by atoms with Crippen molar-refractivity contribution in [3.05, 3.63) is 18.4 Å². The lowest BCUT2D eigenvalue weighted by Crippen LogP contribution is -2.07. The van der Waals surface area contributed by atoms with Gasteiger partial charge in [0.15, 0.2) is 5.76 Å². The highest BCUT2D eigenvalue weighted by Crippen LogP contribution is 2.17. The molecule has 8 heteroatoms. The summed E-state index contributed by atoms with van der Waals surface area (Å²) in [5, 5.41) is 6.96. The molecular weight excluding hydrogens is 222 g/mol. The Bertz CT molecular complexity index is 657. The van der Waals surface area contributed by atoms with Crippen molar-refractivity contribution >= 4 is 17.7 Å². The largest absolute Gasteiger partial charge is 0.461 e. The third-order valence-corrected chi connectivity index (χ3v) is 2.20. The normalized spacial score (nSPS) is 10.9. The molecule has 0 radical (unpaired) electrons. The van der Waals surface area contributed by atoms with E-state index in [0.717, 1.165) is 0 Å². The molecule has 0 bridgehead atoms. The molecule has 0 saturated carbocycles. The van der Waals surface area contributed by atoms with Crippen LogP contribution in [0.25, 0.3) is 17.4 Å². The van der Waals surface area contributed by atoms with Crippen LogP contribution >= 0.6 is 0 Å². The van der Waals surface area contributed by atoms with E-state index in [0.29, 0.717) is 23.3 Å². The Morgan fingerprint density at radius 1 is 1.35 bits per heavy atom.